The number of methoxy groups -OCH3 is 1. The molecule has 0 spiro atoms. The predicted octanol–water partition coefficient (Wildman–Crippen LogP) is 4.98. The molecule has 2 heterocycles. The van der Waals surface area contributed by atoms with E-state index in [9.17, 15) is 19.5 Å². The topological polar surface area (TPSA) is 125 Å². The van der Waals surface area contributed by atoms with E-state index < -0.39 is 46.8 Å². The highest BCUT2D eigenvalue weighted by atomic mass is 35.5. The Labute approximate surface area is 262 Å². The maximum Gasteiger partial charge on any atom is 0.260 e. The quantitative estimate of drug-likeness (QED) is 0.268. The number of allylic oxidation sites excluding steroid dienone is 2. The van der Waals surface area contributed by atoms with Gasteiger partial charge in [0.25, 0.3) is 11.8 Å². The lowest BCUT2D eigenvalue weighted by molar-refractivity contribution is -0.138. The molecule has 2 saturated heterocycles. The van der Waals surface area contributed by atoms with E-state index in [-0.39, 0.29) is 29.0 Å². The molecule has 224 valence electrons. The predicted molar refractivity (Wildman–Crippen MR) is 162 cm³/mol. The summed E-state index contributed by atoms with van der Waals surface area (Å²) in [6.45, 7) is 0. The summed E-state index contributed by atoms with van der Waals surface area (Å²) in [6.07, 6.45) is 2.47. The Morgan fingerprint density at radius 3 is 2.36 bits per heavy atom. The van der Waals surface area contributed by atoms with E-state index in [2.05, 4.69) is 10.7 Å². The Kier molecular flexibility index (Phi) is 6.71. The molecule has 0 bridgehead atoms. The number of anilines is 1. The maximum atomic E-state index is 15.0. The molecule has 0 unspecified atom stereocenters. The van der Waals surface area contributed by atoms with E-state index >= 15 is 4.79 Å². The number of carbonyl (C=O) groups is 4. The number of fused-ring (bicyclic) bond motifs is 4. The monoisotopic (exact) mass is 631 g/mol. The smallest absolute Gasteiger partial charge is 0.260 e. The van der Waals surface area contributed by atoms with Crippen LogP contribution in [0.5, 0.6) is 11.5 Å². The number of ether oxygens (including phenoxy) is 1. The zero-order valence-electron chi connectivity index (χ0n) is 23.4. The molecule has 3 N–H and O–H groups in total. The van der Waals surface area contributed by atoms with Crippen LogP contribution in [0.2, 0.25) is 10.0 Å². The van der Waals surface area contributed by atoms with Crippen LogP contribution in [-0.2, 0) is 24.6 Å². The average molecular weight is 633 g/mol. The van der Waals surface area contributed by atoms with Gasteiger partial charge < -0.3 is 9.84 Å². The van der Waals surface area contributed by atoms with E-state index in [0.29, 0.717) is 34.0 Å². The molecule has 9 nitrogen and oxygen atoms in total. The Morgan fingerprint density at radius 1 is 0.955 bits per heavy atom. The van der Waals surface area contributed by atoms with Gasteiger partial charge in [-0.2, -0.15) is 5.01 Å². The molecule has 3 fully saturated rings. The number of halogens is 2. The van der Waals surface area contributed by atoms with E-state index in [0.717, 1.165) is 10.6 Å². The van der Waals surface area contributed by atoms with Crippen molar-refractivity contribution in [3.63, 3.8) is 0 Å². The van der Waals surface area contributed by atoms with Gasteiger partial charge in [-0.15, -0.1) is 0 Å². The fourth-order valence-corrected chi connectivity index (χ4v) is 8.25. The van der Waals surface area contributed by atoms with E-state index in [1.165, 1.54) is 6.07 Å². The van der Waals surface area contributed by atoms with Crippen molar-refractivity contribution < 1.29 is 29.0 Å². The number of hydrogen-bond donors (Lipinski definition) is 3. The number of hydrazine groups is 1. The summed E-state index contributed by atoms with van der Waals surface area (Å²) in [5, 5.41) is 14.3. The first-order chi connectivity index (χ1) is 21.1. The van der Waals surface area contributed by atoms with Gasteiger partial charge in [0.1, 0.15) is 11.5 Å². The molecule has 2 aliphatic heterocycles. The standard InChI is InChI=1S/C33H27Cl2N3O6/c1-44-20-9-4-17(5-10-20)33-24(31(42)38(32(33)43)37-26-13-6-18(34)14-25(26)35)15-23-21(28(33)16-2-7-19(39)8-3-16)11-12-22-27(23)30(41)36-29(22)40/h2-11,13-14,22-24,27-28,37,39H,12,15H2,1H3,(H,36,40,41)/t22-,23+,24-,27-,28-,33+/m0/s1. The maximum absolute atomic E-state index is 15.0. The third kappa shape index (κ3) is 4.06. The fourth-order valence-electron chi connectivity index (χ4n) is 7.80. The second-order valence-electron chi connectivity index (χ2n) is 11.7. The summed E-state index contributed by atoms with van der Waals surface area (Å²) in [7, 11) is 1.55. The number of hydrogen-bond acceptors (Lipinski definition) is 7. The van der Waals surface area contributed by atoms with E-state index in [4.69, 9.17) is 27.9 Å². The van der Waals surface area contributed by atoms with Crippen LogP contribution in [0.25, 0.3) is 0 Å². The Morgan fingerprint density at radius 2 is 1.68 bits per heavy atom. The van der Waals surface area contributed by atoms with Crippen molar-refractivity contribution in [2.45, 2.75) is 24.2 Å². The second kappa shape index (κ2) is 10.4. The number of imide groups is 2. The molecule has 4 aliphatic rings. The number of aromatic hydroxyl groups is 1. The molecular weight excluding hydrogens is 605 g/mol. The van der Waals surface area contributed by atoms with Crippen molar-refractivity contribution in [3.8, 4) is 11.5 Å². The number of amides is 4. The molecule has 7 rings (SSSR count). The van der Waals surface area contributed by atoms with Crippen molar-refractivity contribution in [1.82, 2.24) is 10.3 Å². The highest BCUT2D eigenvalue weighted by Crippen LogP contribution is 2.63. The SMILES string of the molecule is COc1ccc([C@@]23C(=O)N(Nc4ccc(Cl)cc4Cl)C(=O)[C@@H]2C[C@@H]2C(=CC[C@@H]4C(=O)NC(=O)[C@@H]42)[C@@H]3c2ccc(O)cc2)cc1. The van der Waals surface area contributed by atoms with Gasteiger partial charge in [-0.25, -0.2) is 0 Å². The molecule has 6 atom stereocenters. The Hall–Kier alpha value is -4.34. The van der Waals surface area contributed by atoms with Gasteiger partial charge in [0.05, 0.1) is 41.0 Å². The Bertz CT molecular complexity index is 1760. The summed E-state index contributed by atoms with van der Waals surface area (Å²) in [6, 6.07) is 18.3. The number of nitrogens with zero attached hydrogens (tertiary/aromatic N) is 1. The molecule has 3 aromatic carbocycles. The number of benzene rings is 3. The van der Waals surface area contributed by atoms with Gasteiger partial charge in [-0.1, -0.05) is 59.1 Å². The number of phenols is 1. The van der Waals surface area contributed by atoms with Crippen molar-refractivity contribution in [2.75, 3.05) is 12.5 Å². The number of phenolic OH excluding ortho intramolecular Hbond substituents is 1. The van der Waals surface area contributed by atoms with Crippen molar-refractivity contribution in [1.29, 1.82) is 0 Å². The van der Waals surface area contributed by atoms with Crippen LogP contribution in [0.1, 0.15) is 29.9 Å². The van der Waals surface area contributed by atoms with Crippen LogP contribution < -0.4 is 15.5 Å². The van der Waals surface area contributed by atoms with Gasteiger partial charge >= 0.3 is 0 Å². The van der Waals surface area contributed by atoms with Crippen LogP contribution in [0.4, 0.5) is 5.69 Å². The summed E-state index contributed by atoms with van der Waals surface area (Å²) < 4.78 is 5.40. The molecule has 11 heteroatoms. The number of rotatable bonds is 5. The van der Waals surface area contributed by atoms with E-state index in [1.54, 1.807) is 67.8 Å². The average Bonchev–Trinajstić information content (AvgIpc) is 3.42. The summed E-state index contributed by atoms with van der Waals surface area (Å²) in [4.78, 5) is 55.4. The highest BCUT2D eigenvalue weighted by Gasteiger charge is 2.70. The molecule has 2 aliphatic carbocycles. The minimum atomic E-state index is -1.44. The van der Waals surface area contributed by atoms with Crippen LogP contribution >= 0.6 is 23.2 Å². The van der Waals surface area contributed by atoms with Crippen molar-refractivity contribution >= 4 is 52.5 Å². The number of carbonyl (C=O) groups excluding carboxylic acids is 4. The van der Waals surface area contributed by atoms with Gasteiger partial charge in [-0.05, 0) is 72.4 Å². The first-order valence-electron chi connectivity index (χ1n) is 14.2. The highest BCUT2D eigenvalue weighted by molar-refractivity contribution is 6.36. The third-order valence-electron chi connectivity index (χ3n) is 9.65. The lowest BCUT2D eigenvalue weighted by Gasteiger charge is -2.50. The minimum Gasteiger partial charge on any atom is -0.508 e. The molecule has 4 amide bonds. The fraction of sp³-hybridized carbons (Fsp3) is 0.273. The van der Waals surface area contributed by atoms with Crippen LogP contribution in [-0.4, -0.2) is 40.9 Å². The third-order valence-corrected chi connectivity index (χ3v) is 10.2. The van der Waals surface area contributed by atoms with Crippen LogP contribution in [0.3, 0.4) is 0 Å². The Balaban J connectivity index is 1.46. The summed E-state index contributed by atoms with van der Waals surface area (Å²) in [5.74, 6) is -4.31. The van der Waals surface area contributed by atoms with Gasteiger partial charge in [0, 0.05) is 10.9 Å². The zero-order chi connectivity index (χ0) is 30.9. The first kappa shape index (κ1) is 28.4. The van der Waals surface area contributed by atoms with E-state index in [1.807, 2.05) is 6.08 Å². The lowest BCUT2D eigenvalue weighted by atomic mass is 9.49. The van der Waals surface area contributed by atoms with Gasteiger partial charge in [-0.3, -0.25) is 29.9 Å². The van der Waals surface area contributed by atoms with Crippen molar-refractivity contribution in [2.24, 2.45) is 23.7 Å². The molecule has 1 saturated carbocycles. The molecule has 0 aromatic heterocycles. The van der Waals surface area contributed by atoms with Gasteiger partial charge in [0.2, 0.25) is 11.8 Å². The lowest BCUT2D eigenvalue weighted by Crippen LogP contribution is -2.53. The molecular formula is C33H27Cl2N3O6. The zero-order valence-corrected chi connectivity index (χ0v) is 24.9. The van der Waals surface area contributed by atoms with Gasteiger partial charge in [0.15, 0.2) is 0 Å². The molecule has 3 aromatic rings. The van der Waals surface area contributed by atoms with Crippen molar-refractivity contribution in [3.05, 3.63) is 99.6 Å². The first-order valence-corrected chi connectivity index (χ1v) is 15.0. The summed E-state index contributed by atoms with van der Waals surface area (Å²) >= 11 is 12.6. The largest absolute Gasteiger partial charge is 0.508 e. The summed E-state index contributed by atoms with van der Waals surface area (Å²) in [5.41, 5.74) is 3.94. The molecule has 44 heavy (non-hydrogen) atoms. The second-order valence-corrected chi connectivity index (χ2v) is 12.5. The normalized spacial score (nSPS) is 29.0. The van der Waals surface area contributed by atoms with Crippen LogP contribution in [0, 0.1) is 23.7 Å². The minimum absolute atomic E-state index is 0.0455. The number of nitrogens with one attached hydrogen (secondary N) is 2. The van der Waals surface area contributed by atoms with Crippen LogP contribution in [0.15, 0.2) is 78.4 Å². The molecule has 0 radical (unpaired) electrons.